The summed E-state index contributed by atoms with van der Waals surface area (Å²) in [6, 6.07) is 3.24. The molecule has 1 aliphatic heterocycles. The number of nitrogen functional groups attached to an aromatic ring is 1. The number of halogens is 5. The quantitative estimate of drug-likeness (QED) is 0.283. The molecular weight excluding hydrogens is 542 g/mol. The Morgan fingerprint density at radius 2 is 1.97 bits per heavy atom. The largest absolute Gasteiger partial charge is 0.416 e. The number of alkyl halides is 3. The smallest absolute Gasteiger partial charge is 0.383 e. The first kappa shape index (κ1) is 25.3. The molecule has 3 aromatic heterocycles. The average molecular weight is 562 g/mol. The number of benzene rings is 1. The summed E-state index contributed by atoms with van der Waals surface area (Å²) in [7, 11) is 0. The van der Waals surface area contributed by atoms with Gasteiger partial charge in [-0.15, -0.1) is 0 Å². The van der Waals surface area contributed by atoms with Crippen molar-refractivity contribution in [3.8, 4) is 0 Å². The Hall–Kier alpha value is -4.00. The number of anilines is 2. The Kier molecular flexibility index (Phi) is 5.68. The molecule has 2 fully saturated rings. The molecule has 202 valence electrons. The van der Waals surface area contributed by atoms with Crippen LogP contribution < -0.4 is 11.1 Å². The molecule has 3 atom stereocenters. The van der Waals surface area contributed by atoms with Crippen molar-refractivity contribution >= 4 is 57.0 Å². The number of hydrogen-bond donors (Lipinski definition) is 2. The zero-order valence-corrected chi connectivity index (χ0v) is 21.0. The van der Waals surface area contributed by atoms with E-state index in [1.165, 1.54) is 28.8 Å². The van der Waals surface area contributed by atoms with Crippen LogP contribution in [-0.4, -0.2) is 48.3 Å². The van der Waals surface area contributed by atoms with Gasteiger partial charge in [-0.2, -0.15) is 13.2 Å². The first-order valence-corrected chi connectivity index (χ1v) is 12.4. The molecule has 0 unspecified atom stereocenters. The van der Waals surface area contributed by atoms with Gasteiger partial charge < -0.3 is 20.5 Å². The Morgan fingerprint density at radius 1 is 1.21 bits per heavy atom. The lowest BCUT2D eigenvalue weighted by Crippen LogP contribution is -2.46. The zero-order valence-electron chi connectivity index (χ0n) is 20.3. The number of hydrogen-bond acceptors (Lipinski definition) is 6. The molecule has 1 saturated heterocycles. The van der Waals surface area contributed by atoms with Crippen LogP contribution in [0.4, 0.5) is 29.2 Å². The van der Waals surface area contributed by atoms with E-state index < -0.39 is 35.4 Å². The van der Waals surface area contributed by atoms with Gasteiger partial charge in [-0.25, -0.2) is 19.3 Å². The molecule has 2 aliphatic rings. The van der Waals surface area contributed by atoms with Gasteiger partial charge in [-0.1, -0.05) is 11.6 Å². The van der Waals surface area contributed by atoms with E-state index in [2.05, 4.69) is 20.3 Å². The average Bonchev–Trinajstić information content (AvgIpc) is 3.40. The molecule has 14 heteroatoms. The van der Waals surface area contributed by atoms with Gasteiger partial charge in [0.1, 0.15) is 35.5 Å². The van der Waals surface area contributed by atoms with Gasteiger partial charge in [-0.3, -0.25) is 9.59 Å². The molecule has 9 nitrogen and oxygen atoms in total. The number of likely N-dealkylation sites (tertiary alicyclic amines) is 1. The highest BCUT2D eigenvalue weighted by Crippen LogP contribution is 2.48. The topological polar surface area (TPSA) is 119 Å². The highest BCUT2D eigenvalue weighted by Gasteiger charge is 2.56. The number of aryl methyl sites for hydroxylation is 1. The van der Waals surface area contributed by atoms with Crippen LogP contribution in [0.3, 0.4) is 0 Å². The molecule has 0 spiro atoms. The summed E-state index contributed by atoms with van der Waals surface area (Å²) >= 11 is 5.82. The summed E-state index contributed by atoms with van der Waals surface area (Å²) in [6.45, 7) is 1.20. The van der Waals surface area contributed by atoms with Crippen molar-refractivity contribution in [3.05, 3.63) is 52.7 Å². The summed E-state index contributed by atoms with van der Waals surface area (Å²) < 4.78 is 56.4. The molecular formula is C25H20ClF4N7O2. The van der Waals surface area contributed by atoms with Gasteiger partial charge in [0.15, 0.2) is 11.6 Å². The van der Waals surface area contributed by atoms with Gasteiger partial charge in [0.25, 0.3) is 0 Å². The van der Waals surface area contributed by atoms with Gasteiger partial charge in [-0.05, 0) is 55.5 Å². The lowest BCUT2D eigenvalue weighted by Gasteiger charge is -2.27. The number of piperidine rings is 1. The molecule has 1 saturated carbocycles. The third kappa shape index (κ3) is 4.20. The summed E-state index contributed by atoms with van der Waals surface area (Å²) in [4.78, 5) is 40.2. The third-order valence-corrected chi connectivity index (χ3v) is 7.53. The lowest BCUT2D eigenvalue weighted by molar-refractivity contribution is -0.138. The minimum Gasteiger partial charge on any atom is -0.383 e. The van der Waals surface area contributed by atoms with Gasteiger partial charge in [0.2, 0.25) is 11.8 Å². The number of aromatic nitrogens is 4. The number of carbonyl (C=O) groups excluding carboxylic acids is 2. The van der Waals surface area contributed by atoms with Crippen LogP contribution in [0.25, 0.3) is 21.9 Å². The molecule has 2 amide bonds. The molecule has 39 heavy (non-hydrogen) atoms. The van der Waals surface area contributed by atoms with E-state index in [0.717, 1.165) is 24.6 Å². The molecule has 0 radical (unpaired) electrons. The third-order valence-electron chi connectivity index (χ3n) is 7.32. The highest BCUT2D eigenvalue weighted by atomic mass is 35.5. The van der Waals surface area contributed by atoms with Crippen LogP contribution in [0, 0.1) is 18.7 Å². The van der Waals surface area contributed by atoms with Crippen LogP contribution in [0.1, 0.15) is 24.0 Å². The van der Waals surface area contributed by atoms with Gasteiger partial charge >= 0.3 is 6.18 Å². The number of nitrogens with two attached hydrogens (primary N) is 1. The molecule has 4 heterocycles. The van der Waals surface area contributed by atoms with Crippen molar-refractivity contribution in [1.29, 1.82) is 0 Å². The van der Waals surface area contributed by atoms with E-state index in [1.807, 2.05) is 0 Å². The van der Waals surface area contributed by atoms with Gasteiger partial charge in [0.05, 0.1) is 16.5 Å². The van der Waals surface area contributed by atoms with Crippen LogP contribution in [0.15, 0.2) is 30.6 Å². The Balaban J connectivity index is 1.37. The maximum absolute atomic E-state index is 14.2. The van der Waals surface area contributed by atoms with Crippen LogP contribution in [0.2, 0.25) is 5.15 Å². The zero-order chi connectivity index (χ0) is 27.8. The summed E-state index contributed by atoms with van der Waals surface area (Å²) in [6.07, 6.45) is -2.31. The fraction of sp³-hybridized carbons (Fsp3) is 0.320. The van der Waals surface area contributed by atoms with Crippen LogP contribution >= 0.6 is 11.6 Å². The fourth-order valence-electron chi connectivity index (χ4n) is 5.58. The van der Waals surface area contributed by atoms with Gasteiger partial charge in [0, 0.05) is 11.4 Å². The molecule has 1 aliphatic carbocycles. The number of nitrogens with one attached hydrogen (secondary N) is 1. The van der Waals surface area contributed by atoms with Crippen molar-refractivity contribution in [2.24, 2.45) is 5.92 Å². The van der Waals surface area contributed by atoms with E-state index in [4.69, 9.17) is 17.3 Å². The van der Waals surface area contributed by atoms with Crippen molar-refractivity contribution < 1.29 is 27.2 Å². The first-order chi connectivity index (χ1) is 18.4. The molecule has 0 bridgehead atoms. The van der Waals surface area contributed by atoms with Crippen molar-refractivity contribution in [1.82, 2.24) is 24.4 Å². The second kappa shape index (κ2) is 8.76. The van der Waals surface area contributed by atoms with Crippen molar-refractivity contribution in [3.63, 3.8) is 0 Å². The Morgan fingerprint density at radius 3 is 2.72 bits per heavy atom. The number of nitrogens with zero attached hydrogens (tertiary/aromatic N) is 5. The van der Waals surface area contributed by atoms with E-state index in [9.17, 15) is 27.2 Å². The van der Waals surface area contributed by atoms with E-state index >= 15 is 0 Å². The number of amides is 2. The molecule has 1 aromatic carbocycles. The maximum atomic E-state index is 14.2. The van der Waals surface area contributed by atoms with E-state index in [-0.39, 0.29) is 57.3 Å². The number of carbonyl (C=O) groups is 2. The number of rotatable bonds is 4. The van der Waals surface area contributed by atoms with Crippen molar-refractivity contribution in [2.45, 2.75) is 44.6 Å². The standard InChI is InChI=1S/C25H20ClF4N7O2/c1-10-4-12(25(28,29)30)7-13-19-21(31)32-9-33-23(19)36(20(10)13)8-18(38)37-15-5-11(15)6-16(37)24(39)35-22-14(27)2-3-17(26)34-22/h2-4,7,9,11,15-16H,5-6,8H2,1H3,(H2,31,32,33)(H,34,35,39)/t11-,15-,16+/m1/s1. The second-order valence-corrected chi connectivity index (χ2v) is 10.2. The molecule has 3 N–H and O–H groups in total. The minimum atomic E-state index is -4.60. The summed E-state index contributed by atoms with van der Waals surface area (Å²) in [5.74, 6) is -2.06. The van der Waals surface area contributed by atoms with Crippen LogP contribution in [-0.2, 0) is 22.3 Å². The van der Waals surface area contributed by atoms with Crippen molar-refractivity contribution in [2.75, 3.05) is 11.1 Å². The minimum absolute atomic E-state index is 0.00872. The number of pyridine rings is 1. The fourth-order valence-corrected chi connectivity index (χ4v) is 5.72. The Labute approximate surface area is 223 Å². The summed E-state index contributed by atoms with van der Waals surface area (Å²) in [5.41, 5.74) is 6.01. The SMILES string of the molecule is Cc1cc(C(F)(F)F)cc2c3c(N)ncnc3n(CC(=O)N3[C@@H]4C[C@@H]4C[C@H]3C(=O)Nc3nc(Cl)ccc3F)c12. The molecule has 6 rings (SSSR count). The summed E-state index contributed by atoms with van der Waals surface area (Å²) in [5, 5.41) is 2.79. The predicted octanol–water partition coefficient (Wildman–Crippen LogP) is 4.31. The molecule has 4 aromatic rings. The lowest BCUT2D eigenvalue weighted by atomic mass is 10.1. The highest BCUT2D eigenvalue weighted by molar-refractivity contribution is 6.29. The predicted molar refractivity (Wildman–Crippen MR) is 134 cm³/mol. The Bertz CT molecular complexity index is 1690. The maximum Gasteiger partial charge on any atom is 0.416 e. The van der Waals surface area contributed by atoms with E-state index in [1.54, 1.807) is 0 Å². The van der Waals surface area contributed by atoms with E-state index in [0.29, 0.717) is 11.9 Å². The monoisotopic (exact) mass is 561 g/mol. The second-order valence-electron chi connectivity index (χ2n) is 9.80. The normalized spacial score (nSPS) is 20.5. The van der Waals surface area contributed by atoms with Crippen LogP contribution in [0.5, 0.6) is 0 Å². The number of fused-ring (bicyclic) bond motifs is 4. The first-order valence-electron chi connectivity index (χ1n) is 12.0.